The number of alkyl halides is 2. The first kappa shape index (κ1) is 18.0. The molecule has 0 aliphatic carbocycles. The zero-order valence-electron chi connectivity index (χ0n) is 13.7. The van der Waals surface area contributed by atoms with Crippen molar-refractivity contribution in [3.8, 4) is 17.2 Å². The maximum atomic E-state index is 12.7. The van der Waals surface area contributed by atoms with Crippen LogP contribution in [0.15, 0.2) is 42.5 Å². The number of hydrogen-bond acceptors (Lipinski definition) is 4. The van der Waals surface area contributed by atoms with E-state index in [4.69, 9.17) is 19.9 Å². The van der Waals surface area contributed by atoms with Gasteiger partial charge in [-0.3, -0.25) is 0 Å². The van der Waals surface area contributed by atoms with Crippen LogP contribution in [0.25, 0.3) is 0 Å². The molecule has 130 valence electrons. The molecule has 2 aromatic carbocycles. The molecule has 6 heteroatoms. The molecule has 0 aliphatic heterocycles. The molecule has 2 rings (SSSR count). The van der Waals surface area contributed by atoms with E-state index < -0.39 is 18.9 Å². The van der Waals surface area contributed by atoms with E-state index in [1.807, 2.05) is 30.3 Å². The Kier molecular flexibility index (Phi) is 6.37. The first-order valence-corrected chi connectivity index (χ1v) is 7.51. The highest BCUT2D eigenvalue weighted by Crippen LogP contribution is 2.38. The second-order valence-corrected chi connectivity index (χ2v) is 5.25. The van der Waals surface area contributed by atoms with Gasteiger partial charge in [-0.2, -0.15) is 0 Å². The van der Waals surface area contributed by atoms with Gasteiger partial charge in [0.05, 0.1) is 14.2 Å². The van der Waals surface area contributed by atoms with Crippen molar-refractivity contribution >= 4 is 0 Å². The number of benzene rings is 2. The minimum Gasteiger partial charge on any atom is -0.493 e. The quantitative estimate of drug-likeness (QED) is 0.793. The monoisotopic (exact) mass is 337 g/mol. The van der Waals surface area contributed by atoms with Gasteiger partial charge in [-0.05, 0) is 11.6 Å². The van der Waals surface area contributed by atoms with E-state index >= 15 is 0 Å². The lowest BCUT2D eigenvalue weighted by Gasteiger charge is -2.19. The van der Waals surface area contributed by atoms with Crippen LogP contribution in [0, 0.1) is 0 Å². The van der Waals surface area contributed by atoms with Gasteiger partial charge in [0, 0.05) is 24.1 Å². The van der Waals surface area contributed by atoms with Crippen LogP contribution in [0.2, 0.25) is 0 Å². The molecule has 24 heavy (non-hydrogen) atoms. The molecule has 0 bridgehead atoms. The summed E-state index contributed by atoms with van der Waals surface area (Å²) >= 11 is 0. The number of rotatable bonds is 8. The molecule has 0 unspecified atom stereocenters. The van der Waals surface area contributed by atoms with Crippen molar-refractivity contribution in [2.75, 3.05) is 14.2 Å². The number of ether oxygens (including phenoxy) is 3. The second-order valence-electron chi connectivity index (χ2n) is 5.25. The Morgan fingerprint density at radius 3 is 2.17 bits per heavy atom. The maximum Gasteiger partial charge on any atom is 0.240 e. The molecule has 0 fully saturated rings. The van der Waals surface area contributed by atoms with E-state index in [2.05, 4.69) is 0 Å². The Morgan fingerprint density at radius 1 is 0.958 bits per heavy atom. The fourth-order valence-corrected chi connectivity index (χ4v) is 2.35. The summed E-state index contributed by atoms with van der Waals surface area (Å²) in [6.45, 7) is 0.296. The smallest absolute Gasteiger partial charge is 0.240 e. The van der Waals surface area contributed by atoms with Gasteiger partial charge in [0.25, 0.3) is 0 Å². The van der Waals surface area contributed by atoms with Gasteiger partial charge in [-0.15, -0.1) is 0 Å². The summed E-state index contributed by atoms with van der Waals surface area (Å²) in [4.78, 5) is 0. The fourth-order valence-electron chi connectivity index (χ4n) is 2.35. The van der Waals surface area contributed by atoms with Crippen LogP contribution >= 0.6 is 0 Å². The third-order valence-corrected chi connectivity index (χ3v) is 3.58. The Balaban J connectivity index is 2.31. The van der Waals surface area contributed by atoms with Crippen LogP contribution in [0.1, 0.15) is 23.6 Å². The van der Waals surface area contributed by atoms with Crippen LogP contribution in [0.3, 0.4) is 0 Å². The first-order valence-electron chi connectivity index (χ1n) is 7.51. The number of methoxy groups -OCH3 is 2. The normalized spacial score (nSPS) is 12.1. The summed E-state index contributed by atoms with van der Waals surface area (Å²) in [7, 11) is 2.97. The van der Waals surface area contributed by atoms with Crippen molar-refractivity contribution < 1.29 is 23.0 Å². The van der Waals surface area contributed by atoms with E-state index in [0.717, 1.165) is 5.56 Å². The summed E-state index contributed by atoms with van der Waals surface area (Å²) in [5.74, 6) is 1.28. The fraction of sp³-hybridized carbons (Fsp3) is 0.333. The molecule has 0 aliphatic rings. The van der Waals surface area contributed by atoms with Crippen LogP contribution in [0.4, 0.5) is 8.78 Å². The topological polar surface area (TPSA) is 53.7 Å². The zero-order chi connectivity index (χ0) is 17.5. The Hall–Kier alpha value is -2.34. The van der Waals surface area contributed by atoms with Crippen LogP contribution in [0.5, 0.6) is 17.2 Å². The van der Waals surface area contributed by atoms with Crippen molar-refractivity contribution in [1.82, 2.24) is 0 Å². The summed E-state index contributed by atoms with van der Waals surface area (Å²) in [5.41, 5.74) is 7.35. The molecule has 0 saturated carbocycles. The highest BCUT2D eigenvalue weighted by atomic mass is 19.3. The van der Waals surface area contributed by atoms with E-state index in [-0.39, 0.29) is 0 Å². The second kappa shape index (κ2) is 8.49. The lowest BCUT2D eigenvalue weighted by Crippen LogP contribution is -2.16. The van der Waals surface area contributed by atoms with Crippen LogP contribution < -0.4 is 19.9 Å². The summed E-state index contributed by atoms with van der Waals surface area (Å²) in [6.07, 6.45) is -2.97. The van der Waals surface area contributed by atoms with Crippen molar-refractivity contribution in [2.45, 2.75) is 25.5 Å². The molecular weight excluding hydrogens is 316 g/mol. The van der Waals surface area contributed by atoms with E-state index in [1.54, 1.807) is 12.1 Å². The molecule has 0 amide bonds. The minimum atomic E-state index is -2.50. The van der Waals surface area contributed by atoms with Crippen molar-refractivity contribution in [3.05, 3.63) is 53.6 Å². The van der Waals surface area contributed by atoms with Gasteiger partial charge in [0.2, 0.25) is 6.43 Å². The molecule has 4 nitrogen and oxygen atoms in total. The standard InChI is InChI=1S/C18H21F2NO3/c1-22-16-8-13(14(21)9-18(19)20)15(10-17(16)23-2)24-11-12-6-4-3-5-7-12/h3-8,10,14,18H,9,11,21H2,1-2H3/t14-/m1/s1. The van der Waals surface area contributed by atoms with Gasteiger partial charge in [-0.1, -0.05) is 30.3 Å². The summed E-state index contributed by atoms with van der Waals surface area (Å²) in [5, 5.41) is 0. The van der Waals surface area contributed by atoms with E-state index in [0.29, 0.717) is 29.4 Å². The predicted molar refractivity (Wildman–Crippen MR) is 87.9 cm³/mol. The van der Waals surface area contributed by atoms with Crippen LogP contribution in [-0.4, -0.2) is 20.6 Å². The van der Waals surface area contributed by atoms with Crippen LogP contribution in [-0.2, 0) is 6.61 Å². The first-order chi connectivity index (χ1) is 11.5. The van der Waals surface area contributed by atoms with Crippen molar-refractivity contribution in [1.29, 1.82) is 0 Å². The summed E-state index contributed by atoms with van der Waals surface area (Å²) in [6, 6.07) is 11.9. The zero-order valence-corrected chi connectivity index (χ0v) is 13.7. The lowest BCUT2D eigenvalue weighted by atomic mass is 10.0. The number of nitrogens with two attached hydrogens (primary N) is 1. The largest absolute Gasteiger partial charge is 0.493 e. The third-order valence-electron chi connectivity index (χ3n) is 3.58. The van der Waals surface area contributed by atoms with Gasteiger partial charge in [0.1, 0.15) is 12.4 Å². The molecule has 0 saturated heterocycles. The molecule has 0 radical (unpaired) electrons. The Morgan fingerprint density at radius 2 is 1.58 bits per heavy atom. The van der Waals surface area contributed by atoms with Gasteiger partial charge >= 0.3 is 0 Å². The molecule has 0 aromatic heterocycles. The molecule has 0 spiro atoms. The summed E-state index contributed by atoms with van der Waals surface area (Å²) < 4.78 is 41.7. The molecule has 2 aromatic rings. The highest BCUT2D eigenvalue weighted by molar-refractivity contribution is 5.52. The average molecular weight is 337 g/mol. The van der Waals surface area contributed by atoms with E-state index in [1.165, 1.54) is 14.2 Å². The third kappa shape index (κ3) is 4.58. The molecule has 0 heterocycles. The van der Waals surface area contributed by atoms with Gasteiger partial charge in [-0.25, -0.2) is 8.78 Å². The minimum absolute atomic E-state index is 0.296. The lowest BCUT2D eigenvalue weighted by molar-refractivity contribution is 0.127. The van der Waals surface area contributed by atoms with E-state index in [9.17, 15) is 8.78 Å². The average Bonchev–Trinajstić information content (AvgIpc) is 2.59. The maximum absolute atomic E-state index is 12.7. The predicted octanol–water partition coefficient (Wildman–Crippen LogP) is 3.94. The van der Waals surface area contributed by atoms with Gasteiger partial charge in [0.15, 0.2) is 11.5 Å². The number of halogens is 2. The molecule has 2 N–H and O–H groups in total. The van der Waals surface area contributed by atoms with Gasteiger partial charge < -0.3 is 19.9 Å². The Bertz CT molecular complexity index is 650. The molecule has 1 atom stereocenters. The van der Waals surface area contributed by atoms with Crippen molar-refractivity contribution in [3.63, 3.8) is 0 Å². The van der Waals surface area contributed by atoms with Crippen molar-refractivity contribution in [2.24, 2.45) is 5.73 Å². The molecular formula is C18H21F2NO3. The Labute approximate surface area is 140 Å². The number of hydrogen-bond donors (Lipinski definition) is 1. The highest BCUT2D eigenvalue weighted by Gasteiger charge is 2.20. The SMILES string of the molecule is COc1cc(OCc2ccccc2)c([C@H](N)CC(F)F)cc1OC.